The molecule has 7 heteroatoms. The van der Waals surface area contributed by atoms with E-state index >= 15 is 0 Å². The molecule has 3 aromatic heterocycles. The number of hydrogen-bond acceptors (Lipinski definition) is 4. The van der Waals surface area contributed by atoms with Crippen LogP contribution in [0.4, 0.5) is 0 Å². The summed E-state index contributed by atoms with van der Waals surface area (Å²) in [6, 6.07) is 0.846. The van der Waals surface area contributed by atoms with Gasteiger partial charge in [0.1, 0.15) is 11.3 Å². The maximum atomic E-state index is 12.6. The number of nitrogens with zero attached hydrogens (tertiary/aromatic N) is 3. The van der Waals surface area contributed by atoms with Gasteiger partial charge in [0.05, 0.1) is 17.1 Å². The summed E-state index contributed by atoms with van der Waals surface area (Å²) >= 11 is 0. The van der Waals surface area contributed by atoms with Gasteiger partial charge in [-0.2, -0.15) is 5.10 Å². The van der Waals surface area contributed by atoms with Crippen molar-refractivity contribution in [3.63, 3.8) is 0 Å². The van der Waals surface area contributed by atoms with Gasteiger partial charge in [-0.15, -0.1) is 0 Å². The molecule has 0 fully saturated rings. The van der Waals surface area contributed by atoms with Crippen LogP contribution >= 0.6 is 0 Å². The first-order valence-electron chi connectivity index (χ1n) is 6.68. The van der Waals surface area contributed by atoms with E-state index in [0.29, 0.717) is 23.0 Å². The molecule has 0 aliphatic heterocycles. The molecule has 0 aliphatic rings. The van der Waals surface area contributed by atoms with E-state index in [2.05, 4.69) is 5.10 Å². The van der Waals surface area contributed by atoms with Crippen molar-refractivity contribution >= 4 is 28.0 Å². The van der Waals surface area contributed by atoms with Crippen LogP contribution in [0.15, 0.2) is 21.5 Å². The van der Waals surface area contributed by atoms with Crippen molar-refractivity contribution in [2.45, 2.75) is 33.4 Å². The number of fused-ring (bicyclic) bond motifs is 3. The second-order valence-corrected chi connectivity index (χ2v) is 4.99. The van der Waals surface area contributed by atoms with Gasteiger partial charge in [-0.1, -0.05) is 0 Å². The van der Waals surface area contributed by atoms with Crippen LogP contribution in [0.5, 0.6) is 0 Å². The number of rotatable bonds is 3. The van der Waals surface area contributed by atoms with Crippen LogP contribution in [-0.2, 0) is 11.3 Å². The van der Waals surface area contributed by atoms with Crippen LogP contribution in [0.3, 0.4) is 0 Å². The van der Waals surface area contributed by atoms with Gasteiger partial charge in [0.15, 0.2) is 11.6 Å². The molecular formula is C14H15N3O4. The standard InChI is InChI=1S/C14H15N3O4/c1-4-16-10-5-7(2)21-12(10)9-6-15-17(8(3)14(19)20)13(18)11(9)16/h5-6,8H,4H2,1-3H3,(H,19,20). The van der Waals surface area contributed by atoms with E-state index < -0.39 is 17.6 Å². The van der Waals surface area contributed by atoms with Gasteiger partial charge in [-0.05, 0) is 20.8 Å². The van der Waals surface area contributed by atoms with Crippen molar-refractivity contribution in [1.82, 2.24) is 14.3 Å². The van der Waals surface area contributed by atoms with E-state index in [9.17, 15) is 9.59 Å². The van der Waals surface area contributed by atoms with E-state index in [1.165, 1.54) is 13.1 Å². The lowest BCUT2D eigenvalue weighted by atomic mass is 10.3. The SMILES string of the molecule is CCn1c2cc(C)oc2c2cnn(C(C)C(=O)O)c(=O)c21. The van der Waals surface area contributed by atoms with Crippen molar-refractivity contribution < 1.29 is 14.3 Å². The number of furan rings is 1. The average Bonchev–Trinajstić information content (AvgIpc) is 2.94. The number of carbonyl (C=O) groups is 1. The second-order valence-electron chi connectivity index (χ2n) is 4.99. The van der Waals surface area contributed by atoms with Crippen molar-refractivity contribution in [3.05, 3.63) is 28.4 Å². The molecule has 0 aliphatic carbocycles. The molecule has 0 saturated heterocycles. The van der Waals surface area contributed by atoms with E-state index in [1.807, 2.05) is 24.5 Å². The monoisotopic (exact) mass is 289 g/mol. The number of aliphatic carboxylic acids is 1. The normalized spacial score (nSPS) is 13.1. The smallest absolute Gasteiger partial charge is 0.328 e. The molecule has 7 nitrogen and oxygen atoms in total. The minimum Gasteiger partial charge on any atom is -0.480 e. The Morgan fingerprint density at radius 1 is 1.52 bits per heavy atom. The first kappa shape index (κ1) is 13.4. The largest absolute Gasteiger partial charge is 0.480 e. The summed E-state index contributed by atoms with van der Waals surface area (Å²) in [6.45, 7) is 5.77. The Morgan fingerprint density at radius 2 is 2.24 bits per heavy atom. The highest BCUT2D eigenvalue weighted by Gasteiger charge is 2.22. The molecule has 110 valence electrons. The van der Waals surface area contributed by atoms with Crippen molar-refractivity contribution in [3.8, 4) is 0 Å². The molecule has 0 saturated carbocycles. The summed E-state index contributed by atoms with van der Waals surface area (Å²) < 4.78 is 8.46. The van der Waals surface area contributed by atoms with Gasteiger partial charge in [-0.25, -0.2) is 9.48 Å². The first-order chi connectivity index (χ1) is 9.95. The van der Waals surface area contributed by atoms with E-state index in [4.69, 9.17) is 9.52 Å². The van der Waals surface area contributed by atoms with Crippen molar-refractivity contribution in [1.29, 1.82) is 0 Å². The third kappa shape index (κ3) is 1.77. The Morgan fingerprint density at radius 3 is 2.86 bits per heavy atom. The summed E-state index contributed by atoms with van der Waals surface area (Å²) in [6.07, 6.45) is 1.49. The highest BCUT2D eigenvalue weighted by molar-refractivity contribution is 6.04. The summed E-state index contributed by atoms with van der Waals surface area (Å²) in [5, 5.41) is 13.7. The van der Waals surface area contributed by atoms with E-state index in [-0.39, 0.29) is 0 Å². The highest BCUT2D eigenvalue weighted by atomic mass is 16.4. The lowest BCUT2D eigenvalue weighted by Crippen LogP contribution is -2.31. The van der Waals surface area contributed by atoms with E-state index in [1.54, 1.807) is 0 Å². The second kappa shape index (κ2) is 4.47. The number of carboxylic acid groups (broad SMARTS) is 1. The molecule has 1 atom stereocenters. The molecule has 3 aromatic rings. The van der Waals surface area contributed by atoms with Gasteiger partial charge >= 0.3 is 5.97 Å². The zero-order chi connectivity index (χ0) is 15.3. The zero-order valence-electron chi connectivity index (χ0n) is 12.0. The summed E-state index contributed by atoms with van der Waals surface area (Å²) in [7, 11) is 0. The predicted molar refractivity (Wildman–Crippen MR) is 76.5 cm³/mol. The predicted octanol–water partition coefficient (Wildman–Crippen LogP) is 1.92. The summed E-state index contributed by atoms with van der Waals surface area (Å²) in [5.74, 6) is -0.342. The highest BCUT2D eigenvalue weighted by Crippen LogP contribution is 2.29. The minimum absolute atomic E-state index is 0.423. The maximum absolute atomic E-state index is 12.6. The van der Waals surface area contributed by atoms with Crippen LogP contribution in [-0.4, -0.2) is 25.4 Å². The fourth-order valence-electron chi connectivity index (χ4n) is 2.61. The minimum atomic E-state index is -1.10. The maximum Gasteiger partial charge on any atom is 0.328 e. The van der Waals surface area contributed by atoms with Gasteiger partial charge < -0.3 is 14.1 Å². The lowest BCUT2D eigenvalue weighted by molar-refractivity contribution is -0.140. The van der Waals surface area contributed by atoms with Gasteiger partial charge in [0, 0.05) is 12.6 Å². The van der Waals surface area contributed by atoms with Gasteiger partial charge in [0.25, 0.3) is 5.56 Å². The average molecular weight is 289 g/mol. The van der Waals surface area contributed by atoms with Gasteiger partial charge in [0.2, 0.25) is 0 Å². The Balaban J connectivity index is 2.43. The number of aromatic nitrogens is 3. The Kier molecular flexibility index (Phi) is 2.86. The van der Waals surface area contributed by atoms with Gasteiger partial charge in [-0.3, -0.25) is 4.79 Å². The zero-order valence-corrected chi connectivity index (χ0v) is 12.0. The van der Waals surface area contributed by atoms with Crippen molar-refractivity contribution in [2.75, 3.05) is 0 Å². The Bertz CT molecular complexity index is 916. The number of hydrogen-bond donors (Lipinski definition) is 1. The molecule has 3 rings (SSSR count). The van der Waals surface area contributed by atoms with Crippen LogP contribution in [0.25, 0.3) is 22.0 Å². The first-order valence-corrected chi connectivity index (χ1v) is 6.68. The van der Waals surface area contributed by atoms with Crippen LogP contribution in [0.1, 0.15) is 25.6 Å². The summed E-state index contributed by atoms with van der Waals surface area (Å²) in [4.78, 5) is 23.7. The molecule has 21 heavy (non-hydrogen) atoms. The molecule has 0 spiro atoms. The number of aryl methyl sites for hydroxylation is 2. The third-order valence-corrected chi connectivity index (χ3v) is 3.66. The van der Waals surface area contributed by atoms with E-state index in [0.717, 1.165) is 16.0 Å². The molecule has 3 heterocycles. The molecule has 0 aromatic carbocycles. The fraction of sp³-hybridized carbons (Fsp3) is 0.357. The lowest BCUT2D eigenvalue weighted by Gasteiger charge is -2.09. The summed E-state index contributed by atoms with van der Waals surface area (Å²) in [5.41, 5.74) is 1.44. The molecule has 1 unspecified atom stereocenters. The Labute approximate surface area is 119 Å². The quantitative estimate of drug-likeness (QED) is 0.795. The van der Waals surface area contributed by atoms with Crippen molar-refractivity contribution in [2.24, 2.45) is 0 Å². The molecule has 0 bridgehead atoms. The third-order valence-electron chi connectivity index (χ3n) is 3.66. The van der Waals surface area contributed by atoms with Crippen LogP contribution in [0, 0.1) is 6.92 Å². The molecule has 1 N–H and O–H groups in total. The number of carboxylic acids is 1. The fourth-order valence-corrected chi connectivity index (χ4v) is 2.61. The molecular weight excluding hydrogens is 274 g/mol. The topological polar surface area (TPSA) is 90.3 Å². The van der Waals surface area contributed by atoms with Crippen LogP contribution in [0.2, 0.25) is 0 Å². The van der Waals surface area contributed by atoms with Crippen LogP contribution < -0.4 is 5.56 Å². The Hall–Kier alpha value is -2.57. The molecule has 0 radical (unpaired) electrons. The molecule has 0 amide bonds.